The van der Waals surface area contributed by atoms with Crippen LogP contribution in [0.3, 0.4) is 0 Å². The van der Waals surface area contributed by atoms with Crippen LogP contribution in [0.4, 0.5) is 0 Å². The minimum atomic E-state index is 0.366. The molecule has 0 atom stereocenters. The summed E-state index contributed by atoms with van der Waals surface area (Å²) >= 11 is 1.80. The Balaban J connectivity index is 1.97. The first-order chi connectivity index (χ1) is 8.69. The summed E-state index contributed by atoms with van der Waals surface area (Å²) < 4.78 is 10.6. The van der Waals surface area contributed by atoms with Crippen molar-refractivity contribution in [3.05, 3.63) is 23.7 Å². The third kappa shape index (κ3) is 3.36. The fraction of sp³-hybridized carbons (Fsp3) is 0.500. The van der Waals surface area contributed by atoms with Crippen molar-refractivity contribution in [2.75, 3.05) is 5.75 Å². The van der Waals surface area contributed by atoms with Crippen LogP contribution < -0.4 is 5.73 Å². The van der Waals surface area contributed by atoms with Gasteiger partial charge in [-0.25, -0.2) is 0 Å². The number of nitrogens with zero attached hydrogens (tertiary/aromatic N) is 2. The highest BCUT2D eigenvalue weighted by Crippen LogP contribution is 2.21. The number of thioether (sulfide) groups is 1. The zero-order valence-electron chi connectivity index (χ0n) is 10.5. The molecule has 0 aliphatic heterocycles. The van der Waals surface area contributed by atoms with E-state index in [-0.39, 0.29) is 0 Å². The fourth-order valence-corrected chi connectivity index (χ4v) is 2.29. The molecule has 0 aliphatic carbocycles. The summed E-state index contributed by atoms with van der Waals surface area (Å²) in [5, 5.41) is 3.93. The van der Waals surface area contributed by atoms with Crippen LogP contribution in [0.1, 0.15) is 25.4 Å². The first-order valence-corrected chi connectivity index (χ1v) is 7.04. The molecule has 0 aliphatic rings. The van der Waals surface area contributed by atoms with E-state index in [9.17, 15) is 0 Å². The lowest BCUT2D eigenvalue weighted by Crippen LogP contribution is -1.93. The summed E-state index contributed by atoms with van der Waals surface area (Å²) in [6.45, 7) is 4.74. The molecule has 0 aromatic carbocycles. The van der Waals surface area contributed by atoms with E-state index in [0.29, 0.717) is 35.7 Å². The third-order valence-corrected chi connectivity index (χ3v) is 3.59. The Bertz CT molecular complexity index is 493. The molecular formula is C12H17N3O2S. The molecule has 0 fully saturated rings. The number of hydrogen-bond acceptors (Lipinski definition) is 6. The van der Waals surface area contributed by atoms with E-state index in [2.05, 4.69) is 24.0 Å². The normalized spacial score (nSPS) is 11.3. The molecule has 6 heteroatoms. The molecule has 98 valence electrons. The topological polar surface area (TPSA) is 78.1 Å². The largest absolute Gasteiger partial charge is 0.455 e. The van der Waals surface area contributed by atoms with Crippen LogP contribution in [0, 0.1) is 5.92 Å². The van der Waals surface area contributed by atoms with Crippen molar-refractivity contribution in [1.29, 1.82) is 0 Å². The molecule has 0 saturated heterocycles. The quantitative estimate of drug-likeness (QED) is 0.867. The van der Waals surface area contributed by atoms with Crippen LogP contribution in [0.5, 0.6) is 0 Å². The van der Waals surface area contributed by atoms with Crippen molar-refractivity contribution in [2.24, 2.45) is 11.7 Å². The van der Waals surface area contributed by atoms with E-state index < -0.39 is 0 Å². The van der Waals surface area contributed by atoms with Crippen molar-refractivity contribution in [2.45, 2.75) is 26.1 Å². The van der Waals surface area contributed by atoms with Crippen LogP contribution >= 0.6 is 11.8 Å². The van der Waals surface area contributed by atoms with Gasteiger partial charge in [-0.05, 0) is 23.8 Å². The summed E-state index contributed by atoms with van der Waals surface area (Å²) in [4.78, 5) is 4.29. The van der Waals surface area contributed by atoms with Crippen molar-refractivity contribution in [3.63, 3.8) is 0 Å². The van der Waals surface area contributed by atoms with Gasteiger partial charge in [0.2, 0.25) is 0 Å². The second kappa shape index (κ2) is 6.06. The lowest BCUT2D eigenvalue weighted by atomic mass is 10.3. The van der Waals surface area contributed by atoms with E-state index in [1.54, 1.807) is 17.8 Å². The summed E-state index contributed by atoms with van der Waals surface area (Å²) in [6, 6.07) is 3.60. The summed E-state index contributed by atoms with van der Waals surface area (Å²) in [5.74, 6) is 4.89. The number of nitrogens with two attached hydrogens (primary N) is 1. The molecule has 18 heavy (non-hydrogen) atoms. The lowest BCUT2D eigenvalue weighted by molar-refractivity contribution is 0.407. The Kier molecular flexibility index (Phi) is 4.43. The van der Waals surface area contributed by atoms with Gasteiger partial charge in [-0.1, -0.05) is 19.0 Å². The fourth-order valence-electron chi connectivity index (χ4n) is 1.40. The highest BCUT2D eigenvalue weighted by molar-refractivity contribution is 7.98. The van der Waals surface area contributed by atoms with Gasteiger partial charge in [0.1, 0.15) is 5.76 Å². The van der Waals surface area contributed by atoms with Gasteiger partial charge in [0.05, 0.1) is 12.3 Å². The standard InChI is InChI=1S/C12H17N3O2S/c1-8(2)6-18-7-11-14-12(17-15-11)10-4-3-9(5-13)16-10/h3-4,8H,5-7,13H2,1-2H3. The smallest absolute Gasteiger partial charge is 0.293 e. The van der Waals surface area contributed by atoms with Crippen molar-refractivity contribution >= 4 is 11.8 Å². The summed E-state index contributed by atoms with van der Waals surface area (Å²) in [6.07, 6.45) is 0. The van der Waals surface area contributed by atoms with Gasteiger partial charge < -0.3 is 14.7 Å². The highest BCUT2D eigenvalue weighted by atomic mass is 32.2. The minimum absolute atomic E-state index is 0.366. The molecule has 2 rings (SSSR count). The van der Waals surface area contributed by atoms with Crippen LogP contribution in [0.2, 0.25) is 0 Å². The Morgan fingerprint density at radius 2 is 2.22 bits per heavy atom. The van der Waals surface area contributed by atoms with Crippen molar-refractivity contribution in [3.8, 4) is 11.7 Å². The predicted molar refractivity (Wildman–Crippen MR) is 70.9 cm³/mol. The Morgan fingerprint density at radius 1 is 1.39 bits per heavy atom. The van der Waals surface area contributed by atoms with Crippen LogP contribution in [-0.2, 0) is 12.3 Å². The molecule has 0 bridgehead atoms. The molecule has 2 N–H and O–H groups in total. The van der Waals surface area contributed by atoms with Gasteiger partial charge in [-0.15, -0.1) is 0 Å². The Labute approximate surface area is 110 Å². The van der Waals surface area contributed by atoms with Crippen LogP contribution in [0.25, 0.3) is 11.7 Å². The van der Waals surface area contributed by atoms with Gasteiger partial charge in [0.25, 0.3) is 5.89 Å². The van der Waals surface area contributed by atoms with E-state index in [1.807, 2.05) is 6.07 Å². The molecule has 0 unspecified atom stereocenters. The van der Waals surface area contributed by atoms with Gasteiger partial charge in [-0.2, -0.15) is 16.7 Å². The van der Waals surface area contributed by atoms with Crippen LogP contribution in [-0.4, -0.2) is 15.9 Å². The average Bonchev–Trinajstić information content (AvgIpc) is 2.95. The van der Waals surface area contributed by atoms with E-state index in [0.717, 1.165) is 11.5 Å². The van der Waals surface area contributed by atoms with Crippen molar-refractivity contribution in [1.82, 2.24) is 10.1 Å². The zero-order chi connectivity index (χ0) is 13.0. The second-order valence-corrected chi connectivity index (χ2v) is 5.43. The van der Waals surface area contributed by atoms with Gasteiger partial charge >= 0.3 is 0 Å². The lowest BCUT2D eigenvalue weighted by Gasteiger charge is -2.00. The zero-order valence-corrected chi connectivity index (χ0v) is 11.4. The maximum atomic E-state index is 5.48. The van der Waals surface area contributed by atoms with Gasteiger partial charge in [0, 0.05) is 0 Å². The molecule has 2 heterocycles. The molecule has 0 spiro atoms. The molecule has 0 saturated carbocycles. The molecular weight excluding hydrogens is 250 g/mol. The average molecular weight is 267 g/mol. The molecule has 5 nitrogen and oxygen atoms in total. The molecule has 0 amide bonds. The monoisotopic (exact) mass is 267 g/mol. The maximum absolute atomic E-state index is 5.48. The molecule has 2 aromatic heterocycles. The van der Waals surface area contributed by atoms with E-state index >= 15 is 0 Å². The number of rotatable bonds is 6. The number of aromatic nitrogens is 2. The maximum Gasteiger partial charge on any atom is 0.293 e. The highest BCUT2D eigenvalue weighted by Gasteiger charge is 2.12. The van der Waals surface area contributed by atoms with Gasteiger partial charge in [0.15, 0.2) is 11.6 Å². The summed E-state index contributed by atoms with van der Waals surface area (Å²) in [7, 11) is 0. The first kappa shape index (κ1) is 13.2. The van der Waals surface area contributed by atoms with Gasteiger partial charge in [-0.3, -0.25) is 0 Å². The van der Waals surface area contributed by atoms with Crippen LogP contribution in [0.15, 0.2) is 21.1 Å². The van der Waals surface area contributed by atoms with Crippen molar-refractivity contribution < 1.29 is 8.94 Å². The number of hydrogen-bond donors (Lipinski definition) is 1. The minimum Gasteiger partial charge on any atom is -0.455 e. The third-order valence-electron chi connectivity index (χ3n) is 2.22. The first-order valence-electron chi connectivity index (χ1n) is 5.88. The number of furan rings is 1. The van der Waals surface area contributed by atoms with E-state index in [1.165, 1.54) is 0 Å². The Morgan fingerprint density at radius 3 is 2.89 bits per heavy atom. The second-order valence-electron chi connectivity index (χ2n) is 4.39. The predicted octanol–water partition coefficient (Wildman–Crippen LogP) is 2.68. The molecule has 0 radical (unpaired) electrons. The SMILES string of the molecule is CC(C)CSCc1noc(-c2ccc(CN)o2)n1. The Hall–Kier alpha value is -1.27. The summed E-state index contributed by atoms with van der Waals surface area (Å²) in [5.41, 5.74) is 5.48. The van der Waals surface area contributed by atoms with E-state index in [4.69, 9.17) is 14.7 Å². The molecule has 2 aromatic rings.